The molecule has 2 aromatic rings. The van der Waals surface area contributed by atoms with Crippen molar-refractivity contribution in [3.05, 3.63) is 64.2 Å². The second-order valence-electron chi connectivity index (χ2n) is 4.02. The Morgan fingerprint density at radius 1 is 1.33 bits per heavy atom. The first-order valence-corrected chi connectivity index (χ1v) is 5.84. The number of hydrogen-bond donors (Lipinski definition) is 0. The molecule has 2 nitrogen and oxygen atoms in total. The van der Waals surface area contributed by atoms with Gasteiger partial charge < -0.3 is 0 Å². The third-order valence-corrected chi connectivity index (χ3v) is 2.94. The molecule has 0 amide bonds. The van der Waals surface area contributed by atoms with Gasteiger partial charge >= 0.3 is 0 Å². The molecule has 0 aliphatic carbocycles. The van der Waals surface area contributed by atoms with Crippen molar-refractivity contribution in [1.82, 2.24) is 4.98 Å². The Morgan fingerprint density at radius 2 is 2.11 bits per heavy atom. The van der Waals surface area contributed by atoms with Gasteiger partial charge in [-0.05, 0) is 36.8 Å². The Balaban J connectivity index is 2.21. The number of pyridine rings is 1. The van der Waals surface area contributed by atoms with E-state index in [9.17, 15) is 9.18 Å². The summed E-state index contributed by atoms with van der Waals surface area (Å²) in [5, 5.41) is 0.272. The zero-order chi connectivity index (χ0) is 13.1. The van der Waals surface area contributed by atoms with Crippen LogP contribution >= 0.6 is 11.6 Å². The summed E-state index contributed by atoms with van der Waals surface area (Å²) in [5.74, 6) is -0.468. The number of nitrogens with zero attached hydrogens (tertiary/aromatic N) is 1. The Kier molecular flexibility index (Phi) is 3.72. The molecular formula is C14H11ClFNO. The Bertz CT molecular complexity index is 598. The summed E-state index contributed by atoms with van der Waals surface area (Å²) in [6.07, 6.45) is 1.75. The van der Waals surface area contributed by atoms with Crippen LogP contribution in [0.2, 0.25) is 5.02 Å². The third kappa shape index (κ3) is 2.93. The number of Topliss-reactive ketones (excluding diaryl/α,β-unsaturated/α-hetero) is 1. The van der Waals surface area contributed by atoms with Crippen LogP contribution in [0.4, 0.5) is 4.39 Å². The van der Waals surface area contributed by atoms with E-state index in [-0.39, 0.29) is 17.2 Å². The fourth-order valence-electron chi connectivity index (χ4n) is 1.66. The molecule has 0 N–H and O–H groups in total. The highest BCUT2D eigenvalue weighted by Gasteiger charge is 2.10. The average molecular weight is 264 g/mol. The average Bonchev–Trinajstić information content (AvgIpc) is 2.32. The topological polar surface area (TPSA) is 30.0 Å². The van der Waals surface area contributed by atoms with Gasteiger partial charge in [0.25, 0.3) is 0 Å². The second-order valence-corrected chi connectivity index (χ2v) is 4.43. The minimum absolute atomic E-state index is 0.0611. The molecule has 0 bridgehead atoms. The maximum Gasteiger partial charge on any atom is 0.167 e. The molecule has 92 valence electrons. The molecule has 1 aromatic carbocycles. The SMILES string of the molecule is Cc1cc(C(=O)Cc2ccc(F)cc2Cl)ccn1. The molecule has 0 spiro atoms. The molecule has 1 heterocycles. The first kappa shape index (κ1) is 12.7. The minimum atomic E-state index is -0.407. The van der Waals surface area contributed by atoms with Gasteiger partial charge in [0.1, 0.15) is 5.82 Å². The van der Waals surface area contributed by atoms with E-state index in [4.69, 9.17) is 11.6 Å². The quantitative estimate of drug-likeness (QED) is 0.792. The number of carbonyl (C=O) groups excluding carboxylic acids is 1. The van der Waals surface area contributed by atoms with Crippen LogP contribution in [0.15, 0.2) is 36.5 Å². The molecule has 0 atom stereocenters. The third-order valence-electron chi connectivity index (χ3n) is 2.58. The van der Waals surface area contributed by atoms with E-state index in [0.717, 1.165) is 5.69 Å². The van der Waals surface area contributed by atoms with Gasteiger partial charge in [-0.3, -0.25) is 9.78 Å². The smallest absolute Gasteiger partial charge is 0.167 e. The molecule has 2 rings (SSSR count). The summed E-state index contributed by atoms with van der Waals surface area (Å²) >= 11 is 5.89. The summed E-state index contributed by atoms with van der Waals surface area (Å²) < 4.78 is 12.9. The van der Waals surface area contributed by atoms with E-state index in [1.54, 1.807) is 18.3 Å². The number of benzene rings is 1. The number of carbonyl (C=O) groups is 1. The maximum atomic E-state index is 12.9. The molecule has 0 radical (unpaired) electrons. The first-order valence-electron chi connectivity index (χ1n) is 5.46. The van der Waals surface area contributed by atoms with E-state index in [1.165, 1.54) is 18.2 Å². The fourth-order valence-corrected chi connectivity index (χ4v) is 1.89. The van der Waals surface area contributed by atoms with Crippen LogP contribution in [-0.4, -0.2) is 10.8 Å². The van der Waals surface area contributed by atoms with E-state index in [2.05, 4.69) is 4.98 Å². The second kappa shape index (κ2) is 5.27. The standard InChI is InChI=1S/C14H11ClFNO/c1-9-6-11(4-5-17-9)14(18)7-10-2-3-12(16)8-13(10)15/h2-6,8H,7H2,1H3. The summed E-state index contributed by atoms with van der Waals surface area (Å²) in [6.45, 7) is 1.82. The van der Waals surface area contributed by atoms with Crippen LogP contribution < -0.4 is 0 Å². The van der Waals surface area contributed by atoms with Crippen LogP contribution in [0.25, 0.3) is 0 Å². The highest BCUT2D eigenvalue weighted by molar-refractivity contribution is 6.31. The van der Waals surface area contributed by atoms with E-state index >= 15 is 0 Å². The minimum Gasteiger partial charge on any atom is -0.294 e. The van der Waals surface area contributed by atoms with Gasteiger partial charge in [-0.25, -0.2) is 4.39 Å². The van der Waals surface area contributed by atoms with Crippen molar-refractivity contribution in [1.29, 1.82) is 0 Å². The molecule has 0 saturated heterocycles. The normalized spacial score (nSPS) is 10.4. The van der Waals surface area contributed by atoms with Gasteiger partial charge in [-0.1, -0.05) is 17.7 Å². The van der Waals surface area contributed by atoms with Crippen molar-refractivity contribution in [3.8, 4) is 0 Å². The Labute approximate surface area is 109 Å². The van der Waals surface area contributed by atoms with Crippen molar-refractivity contribution in [2.75, 3.05) is 0 Å². The molecule has 18 heavy (non-hydrogen) atoms. The van der Waals surface area contributed by atoms with Crippen LogP contribution in [-0.2, 0) is 6.42 Å². The van der Waals surface area contributed by atoms with Crippen LogP contribution in [0.3, 0.4) is 0 Å². The van der Waals surface area contributed by atoms with Gasteiger partial charge in [-0.15, -0.1) is 0 Å². The lowest BCUT2D eigenvalue weighted by molar-refractivity contribution is 0.0992. The van der Waals surface area contributed by atoms with Crippen LogP contribution in [0.1, 0.15) is 21.6 Å². The largest absolute Gasteiger partial charge is 0.294 e. The molecular weight excluding hydrogens is 253 g/mol. The van der Waals surface area contributed by atoms with Gasteiger partial charge in [0, 0.05) is 28.9 Å². The molecule has 0 fully saturated rings. The number of aryl methyl sites for hydroxylation is 1. The monoisotopic (exact) mass is 263 g/mol. The lowest BCUT2D eigenvalue weighted by Crippen LogP contribution is -2.05. The first-order chi connectivity index (χ1) is 8.56. The molecule has 0 unspecified atom stereocenters. The maximum absolute atomic E-state index is 12.9. The molecule has 1 aromatic heterocycles. The van der Waals surface area contributed by atoms with Crippen molar-refractivity contribution in [2.24, 2.45) is 0 Å². The predicted octanol–water partition coefficient (Wildman–Crippen LogP) is 3.61. The summed E-state index contributed by atoms with van der Waals surface area (Å²) in [6, 6.07) is 7.42. The zero-order valence-corrected chi connectivity index (χ0v) is 10.5. The van der Waals surface area contributed by atoms with Gasteiger partial charge in [0.2, 0.25) is 0 Å². The molecule has 0 aliphatic heterocycles. The van der Waals surface area contributed by atoms with Gasteiger partial charge in [-0.2, -0.15) is 0 Å². The van der Waals surface area contributed by atoms with Crippen molar-refractivity contribution < 1.29 is 9.18 Å². The van der Waals surface area contributed by atoms with Gasteiger partial charge in [0.05, 0.1) is 0 Å². The summed E-state index contributed by atoms with van der Waals surface area (Å²) in [7, 11) is 0. The molecule has 0 saturated carbocycles. The number of halogens is 2. The Hall–Kier alpha value is -1.74. The van der Waals surface area contributed by atoms with E-state index in [1.807, 2.05) is 6.92 Å². The molecule has 4 heteroatoms. The number of hydrogen-bond acceptors (Lipinski definition) is 2. The van der Waals surface area contributed by atoms with Crippen LogP contribution in [0.5, 0.6) is 0 Å². The highest BCUT2D eigenvalue weighted by atomic mass is 35.5. The van der Waals surface area contributed by atoms with Crippen molar-refractivity contribution in [2.45, 2.75) is 13.3 Å². The highest BCUT2D eigenvalue weighted by Crippen LogP contribution is 2.19. The fraction of sp³-hybridized carbons (Fsp3) is 0.143. The molecule has 0 aliphatic rings. The zero-order valence-electron chi connectivity index (χ0n) is 9.78. The van der Waals surface area contributed by atoms with Crippen LogP contribution in [0, 0.1) is 12.7 Å². The van der Waals surface area contributed by atoms with Crippen molar-refractivity contribution in [3.63, 3.8) is 0 Å². The Morgan fingerprint density at radius 3 is 2.78 bits per heavy atom. The lowest BCUT2D eigenvalue weighted by Gasteiger charge is -2.04. The summed E-state index contributed by atoms with van der Waals surface area (Å²) in [4.78, 5) is 16.1. The lowest BCUT2D eigenvalue weighted by atomic mass is 10.0. The number of rotatable bonds is 3. The van der Waals surface area contributed by atoms with Gasteiger partial charge in [0.15, 0.2) is 5.78 Å². The number of ketones is 1. The summed E-state index contributed by atoms with van der Waals surface area (Å²) in [5.41, 5.74) is 1.99. The predicted molar refractivity (Wildman–Crippen MR) is 68.4 cm³/mol. The van der Waals surface area contributed by atoms with Crippen molar-refractivity contribution >= 4 is 17.4 Å². The van der Waals surface area contributed by atoms with E-state index in [0.29, 0.717) is 11.1 Å². The number of aromatic nitrogens is 1. The van der Waals surface area contributed by atoms with E-state index < -0.39 is 5.82 Å².